The van der Waals surface area contributed by atoms with Gasteiger partial charge in [0.15, 0.2) is 0 Å². The molecule has 0 radical (unpaired) electrons. The Morgan fingerprint density at radius 1 is 1.11 bits per heavy atom. The molecule has 0 heterocycles. The summed E-state index contributed by atoms with van der Waals surface area (Å²) in [6.45, 7) is 8.11. The minimum atomic E-state index is -0.576. The highest BCUT2D eigenvalue weighted by Crippen LogP contribution is 2.42. The van der Waals surface area contributed by atoms with Crippen molar-refractivity contribution in [2.45, 2.75) is 38.4 Å². The van der Waals surface area contributed by atoms with Crippen molar-refractivity contribution in [2.24, 2.45) is 5.41 Å². The minimum Gasteiger partial charge on any atom is -0.101 e. The van der Waals surface area contributed by atoms with E-state index >= 15 is 0 Å². The molecule has 0 bridgehead atoms. The van der Waals surface area contributed by atoms with Crippen LogP contribution >= 0.6 is 23.2 Å². The van der Waals surface area contributed by atoms with Gasteiger partial charge < -0.3 is 0 Å². The second-order valence-electron chi connectivity index (χ2n) is 3.31. The molecule has 2 heteroatoms. The van der Waals surface area contributed by atoms with E-state index in [4.69, 9.17) is 23.2 Å². The van der Waals surface area contributed by atoms with E-state index in [1.165, 1.54) is 0 Å². The molecule has 0 saturated heterocycles. The zero-order valence-electron chi connectivity index (χ0n) is 6.46. The quantitative estimate of drug-likeness (QED) is 0.526. The number of alkyl halides is 2. The molecule has 0 atom stereocenters. The Kier molecular flexibility index (Phi) is 2.85. The van der Waals surface area contributed by atoms with E-state index in [2.05, 4.69) is 0 Å². The van der Waals surface area contributed by atoms with Gasteiger partial charge in [0.1, 0.15) is 4.33 Å². The van der Waals surface area contributed by atoms with E-state index in [0.29, 0.717) is 0 Å². The molecule has 0 N–H and O–H groups in total. The third-order valence-corrected chi connectivity index (χ3v) is 3.21. The molecule has 0 aliphatic rings. The topological polar surface area (TPSA) is 0 Å². The molecule has 0 aromatic heterocycles. The van der Waals surface area contributed by atoms with Crippen LogP contribution in [0.4, 0.5) is 0 Å². The molecule has 0 aromatic rings. The SMILES string of the molecule is CCC(Cl)(Cl)C(C)(C)C. The second kappa shape index (κ2) is 2.67. The number of hydrogen-bond donors (Lipinski definition) is 0. The first-order chi connectivity index (χ1) is 3.81. The Labute approximate surface area is 67.5 Å². The van der Waals surface area contributed by atoms with Crippen LogP contribution in [0.5, 0.6) is 0 Å². The largest absolute Gasteiger partial charge is 0.122 e. The first-order valence-corrected chi connectivity index (χ1v) is 3.94. The van der Waals surface area contributed by atoms with Gasteiger partial charge in [-0.2, -0.15) is 0 Å². The first-order valence-electron chi connectivity index (χ1n) is 3.19. The van der Waals surface area contributed by atoms with Crippen molar-refractivity contribution in [3.63, 3.8) is 0 Å². The third-order valence-electron chi connectivity index (χ3n) is 1.54. The molecule has 0 aliphatic carbocycles. The zero-order valence-corrected chi connectivity index (χ0v) is 7.97. The first kappa shape index (κ1) is 9.58. The molecule has 0 amide bonds. The van der Waals surface area contributed by atoms with Gasteiger partial charge in [0, 0.05) is 0 Å². The normalized spacial score (nSPS) is 14.0. The number of rotatable bonds is 1. The summed E-state index contributed by atoms with van der Waals surface area (Å²) >= 11 is 11.9. The van der Waals surface area contributed by atoms with E-state index in [-0.39, 0.29) is 5.41 Å². The molecule has 0 fully saturated rings. The lowest BCUT2D eigenvalue weighted by molar-refractivity contribution is 0.346. The molecule has 0 spiro atoms. The van der Waals surface area contributed by atoms with Gasteiger partial charge in [-0.05, 0) is 11.8 Å². The standard InChI is InChI=1S/C7H14Cl2/c1-5-7(8,9)6(2,3)4/h5H2,1-4H3. The van der Waals surface area contributed by atoms with Crippen molar-refractivity contribution in [2.75, 3.05) is 0 Å². The molecule has 0 nitrogen and oxygen atoms in total. The van der Waals surface area contributed by atoms with Crippen LogP contribution in [0.1, 0.15) is 34.1 Å². The summed E-state index contributed by atoms with van der Waals surface area (Å²) in [5.41, 5.74) is -0.0230. The average molecular weight is 169 g/mol. The summed E-state index contributed by atoms with van der Waals surface area (Å²) < 4.78 is -0.576. The van der Waals surface area contributed by atoms with Crippen LogP contribution < -0.4 is 0 Å². The molecule has 56 valence electrons. The monoisotopic (exact) mass is 168 g/mol. The predicted molar refractivity (Wildman–Crippen MR) is 44.2 cm³/mol. The molecule has 0 aromatic carbocycles. The van der Waals surface area contributed by atoms with Crippen LogP contribution in [-0.2, 0) is 0 Å². The van der Waals surface area contributed by atoms with Crippen molar-refractivity contribution in [1.29, 1.82) is 0 Å². The van der Waals surface area contributed by atoms with Gasteiger partial charge >= 0.3 is 0 Å². The van der Waals surface area contributed by atoms with Gasteiger partial charge in [-0.1, -0.05) is 27.7 Å². The number of hydrogen-bond acceptors (Lipinski definition) is 0. The van der Waals surface area contributed by atoms with Gasteiger partial charge in [0.25, 0.3) is 0 Å². The zero-order chi connectivity index (χ0) is 7.71. The maximum atomic E-state index is 5.96. The van der Waals surface area contributed by atoms with Crippen LogP contribution in [0, 0.1) is 5.41 Å². The lowest BCUT2D eigenvalue weighted by atomic mass is 9.90. The Bertz CT molecular complexity index is 89.6. The lowest BCUT2D eigenvalue weighted by Gasteiger charge is -2.32. The average Bonchev–Trinajstić information content (AvgIpc) is 1.64. The maximum Gasteiger partial charge on any atom is 0.122 e. The van der Waals surface area contributed by atoms with Crippen LogP contribution in [0.25, 0.3) is 0 Å². The van der Waals surface area contributed by atoms with E-state index in [1.54, 1.807) is 0 Å². The van der Waals surface area contributed by atoms with Gasteiger partial charge in [0.2, 0.25) is 0 Å². The van der Waals surface area contributed by atoms with Crippen molar-refractivity contribution in [1.82, 2.24) is 0 Å². The summed E-state index contributed by atoms with van der Waals surface area (Å²) in [7, 11) is 0. The molecule has 0 aliphatic heterocycles. The molecule has 0 saturated carbocycles. The highest BCUT2D eigenvalue weighted by atomic mass is 35.5. The lowest BCUT2D eigenvalue weighted by Crippen LogP contribution is -2.30. The van der Waals surface area contributed by atoms with Gasteiger partial charge in [-0.25, -0.2) is 0 Å². The van der Waals surface area contributed by atoms with E-state index in [0.717, 1.165) is 6.42 Å². The Morgan fingerprint density at radius 3 is 1.44 bits per heavy atom. The van der Waals surface area contributed by atoms with Crippen LogP contribution in [0.2, 0.25) is 0 Å². The molecule has 0 unspecified atom stereocenters. The highest BCUT2D eigenvalue weighted by molar-refractivity contribution is 6.48. The summed E-state index contributed by atoms with van der Waals surface area (Å²) in [4.78, 5) is 0. The van der Waals surface area contributed by atoms with Crippen molar-refractivity contribution >= 4 is 23.2 Å². The molecular formula is C7H14Cl2. The van der Waals surface area contributed by atoms with E-state index in [1.807, 2.05) is 27.7 Å². The predicted octanol–water partition coefficient (Wildman–Crippen LogP) is 3.62. The summed E-state index contributed by atoms with van der Waals surface area (Å²) in [6.07, 6.45) is 0.791. The third kappa shape index (κ3) is 2.35. The molecule has 9 heavy (non-hydrogen) atoms. The van der Waals surface area contributed by atoms with E-state index < -0.39 is 4.33 Å². The van der Waals surface area contributed by atoms with Crippen molar-refractivity contribution < 1.29 is 0 Å². The van der Waals surface area contributed by atoms with Crippen molar-refractivity contribution in [3.8, 4) is 0 Å². The molecule has 0 rings (SSSR count). The summed E-state index contributed by atoms with van der Waals surface area (Å²) in [5, 5.41) is 0. The minimum absolute atomic E-state index is 0.0230. The van der Waals surface area contributed by atoms with Crippen molar-refractivity contribution in [3.05, 3.63) is 0 Å². The van der Waals surface area contributed by atoms with Crippen LogP contribution in [-0.4, -0.2) is 4.33 Å². The van der Waals surface area contributed by atoms with E-state index in [9.17, 15) is 0 Å². The number of halogens is 2. The van der Waals surface area contributed by atoms with Gasteiger partial charge in [0.05, 0.1) is 0 Å². The fourth-order valence-electron chi connectivity index (χ4n) is 0.530. The smallest absolute Gasteiger partial charge is 0.101 e. The fraction of sp³-hybridized carbons (Fsp3) is 1.00. The Hall–Kier alpha value is 0.580. The Morgan fingerprint density at radius 2 is 1.44 bits per heavy atom. The molecular weight excluding hydrogens is 155 g/mol. The van der Waals surface area contributed by atoms with Gasteiger partial charge in [-0.3, -0.25) is 0 Å². The second-order valence-corrected chi connectivity index (χ2v) is 4.79. The summed E-state index contributed by atoms with van der Waals surface area (Å²) in [5.74, 6) is 0. The Balaban J connectivity index is 4.14. The van der Waals surface area contributed by atoms with Crippen LogP contribution in [0.3, 0.4) is 0 Å². The highest BCUT2D eigenvalue weighted by Gasteiger charge is 2.35. The summed E-state index contributed by atoms with van der Waals surface area (Å²) in [6, 6.07) is 0. The maximum absolute atomic E-state index is 5.96. The van der Waals surface area contributed by atoms with Gasteiger partial charge in [-0.15, -0.1) is 23.2 Å². The fourth-order valence-corrected chi connectivity index (χ4v) is 0.530. The van der Waals surface area contributed by atoms with Crippen LogP contribution in [0.15, 0.2) is 0 Å².